The summed E-state index contributed by atoms with van der Waals surface area (Å²) in [5.41, 5.74) is 0. The fourth-order valence-electron chi connectivity index (χ4n) is 6.38. The molecule has 0 unspecified atom stereocenters. The molecule has 0 aliphatic rings. The maximum Gasteiger partial charge on any atom is 0.0166 e. The minimum absolute atomic E-state index is 1.34. The third-order valence-electron chi connectivity index (χ3n) is 9.41. The Morgan fingerprint density at radius 2 is 0.476 bits per heavy atom. The molecule has 1 heteroatoms. The van der Waals surface area contributed by atoms with Gasteiger partial charge in [0.1, 0.15) is 0 Å². The molecule has 0 fully saturated rings. The van der Waals surface area contributed by atoms with Crippen LogP contribution in [0, 0.1) is 5.75 Å². The van der Waals surface area contributed by atoms with E-state index in [0.29, 0.717) is 0 Å². The first-order valence-electron chi connectivity index (χ1n) is 20.3. The number of hydrogen-bond acceptors (Lipinski definition) is 1. The molecule has 0 aromatic rings. The average molecular weight is 608 g/mol. The quantitative estimate of drug-likeness (QED) is 0.0626. The van der Waals surface area contributed by atoms with E-state index in [4.69, 9.17) is 0 Å². The SMILES string of the molecule is CCCCCCCCCCCCCCCCCCCCC[CH]SCCCCCCCCCCCCCCCCCCC. The zero-order chi connectivity index (χ0) is 30.3. The van der Waals surface area contributed by atoms with Gasteiger partial charge < -0.3 is 0 Å². The molecule has 0 aliphatic carbocycles. The van der Waals surface area contributed by atoms with Crippen molar-refractivity contribution in [3.8, 4) is 0 Å². The number of thioether (sulfide) groups is 1. The number of hydrogen-bond donors (Lipinski definition) is 0. The van der Waals surface area contributed by atoms with E-state index in [9.17, 15) is 0 Å². The van der Waals surface area contributed by atoms with Crippen molar-refractivity contribution < 1.29 is 0 Å². The second-order valence-electron chi connectivity index (χ2n) is 13.8. The molecule has 0 aromatic heterocycles. The van der Waals surface area contributed by atoms with Crippen LogP contribution < -0.4 is 0 Å². The maximum absolute atomic E-state index is 2.51. The van der Waals surface area contributed by atoms with Crippen molar-refractivity contribution in [2.75, 3.05) is 5.75 Å². The Morgan fingerprint density at radius 3 is 0.738 bits per heavy atom. The largest absolute Gasteiger partial charge is 0.157 e. The van der Waals surface area contributed by atoms with Gasteiger partial charge in [-0.05, 0) is 18.6 Å². The van der Waals surface area contributed by atoms with Gasteiger partial charge in [0.25, 0.3) is 0 Å². The summed E-state index contributed by atoms with van der Waals surface area (Å²) in [6, 6.07) is 0. The third-order valence-corrected chi connectivity index (χ3v) is 10.4. The standard InChI is InChI=1S/C41H83S/c1-3-5-7-9-11-13-15-17-19-21-22-23-25-27-29-31-33-35-37-39-41-42-40-38-36-34-32-30-28-26-24-20-18-16-14-12-10-8-6-4-2/h41H,3-40H2,1-2H3. The second-order valence-corrected chi connectivity index (χ2v) is 14.9. The summed E-state index contributed by atoms with van der Waals surface area (Å²) in [5.74, 6) is 3.87. The van der Waals surface area contributed by atoms with Crippen LogP contribution in [0.15, 0.2) is 0 Å². The van der Waals surface area contributed by atoms with Gasteiger partial charge in [-0.25, -0.2) is 0 Å². The Balaban J connectivity index is 3.02. The molecular weight excluding hydrogens is 525 g/mol. The molecule has 42 heavy (non-hydrogen) atoms. The van der Waals surface area contributed by atoms with Crippen molar-refractivity contribution in [1.29, 1.82) is 0 Å². The van der Waals surface area contributed by atoms with Crippen molar-refractivity contribution in [1.82, 2.24) is 0 Å². The Morgan fingerprint density at radius 1 is 0.262 bits per heavy atom. The maximum atomic E-state index is 2.51. The zero-order valence-corrected chi connectivity index (χ0v) is 30.7. The third kappa shape index (κ3) is 40.4. The molecule has 0 amide bonds. The fraction of sp³-hybridized carbons (Fsp3) is 0.976. The van der Waals surface area contributed by atoms with Gasteiger partial charge in [-0.3, -0.25) is 0 Å². The smallest absolute Gasteiger partial charge is 0.0166 e. The molecule has 253 valence electrons. The van der Waals surface area contributed by atoms with Crippen LogP contribution in [-0.4, -0.2) is 5.75 Å². The summed E-state index contributed by atoms with van der Waals surface area (Å²) in [4.78, 5) is 0. The van der Waals surface area contributed by atoms with Gasteiger partial charge in [0.2, 0.25) is 0 Å². The molecule has 0 N–H and O–H groups in total. The van der Waals surface area contributed by atoms with Gasteiger partial charge in [0, 0.05) is 5.75 Å². The molecule has 0 aliphatic heterocycles. The summed E-state index contributed by atoms with van der Waals surface area (Å²) in [5, 5.41) is 0. The lowest BCUT2D eigenvalue weighted by molar-refractivity contribution is 0.523. The van der Waals surface area contributed by atoms with Gasteiger partial charge >= 0.3 is 0 Å². The first-order chi connectivity index (χ1) is 20.9. The van der Waals surface area contributed by atoms with Crippen LogP contribution in [0.3, 0.4) is 0 Å². The van der Waals surface area contributed by atoms with E-state index < -0.39 is 0 Å². The minimum Gasteiger partial charge on any atom is -0.157 e. The normalized spacial score (nSPS) is 11.6. The average Bonchev–Trinajstić information content (AvgIpc) is 3.00. The van der Waals surface area contributed by atoms with Crippen molar-refractivity contribution in [2.45, 2.75) is 251 Å². The lowest BCUT2D eigenvalue weighted by Gasteiger charge is -2.05. The Labute approximate surface area is 273 Å². The molecule has 0 rings (SSSR count). The second kappa shape index (κ2) is 41.4. The van der Waals surface area contributed by atoms with Crippen LogP contribution >= 0.6 is 11.8 Å². The number of unbranched alkanes of at least 4 members (excludes halogenated alkanes) is 35. The fourth-order valence-corrected chi connectivity index (χ4v) is 7.25. The molecule has 0 saturated heterocycles. The predicted octanol–water partition coefficient (Wildman–Crippen LogP) is 16.4. The van der Waals surface area contributed by atoms with Gasteiger partial charge in [0.05, 0.1) is 0 Å². The van der Waals surface area contributed by atoms with Gasteiger partial charge in [-0.2, -0.15) is 11.8 Å². The van der Waals surface area contributed by atoms with Crippen LogP contribution in [0.2, 0.25) is 0 Å². The molecule has 0 spiro atoms. The summed E-state index contributed by atoms with van der Waals surface area (Å²) in [6.45, 7) is 4.62. The molecule has 0 aromatic carbocycles. The Hall–Kier alpha value is 0.350. The highest BCUT2D eigenvalue weighted by Crippen LogP contribution is 2.19. The highest BCUT2D eigenvalue weighted by molar-refractivity contribution is 8.01. The van der Waals surface area contributed by atoms with Crippen LogP contribution in [0.1, 0.15) is 251 Å². The molecule has 0 bridgehead atoms. The van der Waals surface area contributed by atoms with Crippen LogP contribution in [0.25, 0.3) is 0 Å². The van der Waals surface area contributed by atoms with E-state index in [1.165, 1.54) is 243 Å². The van der Waals surface area contributed by atoms with Crippen molar-refractivity contribution in [2.24, 2.45) is 0 Å². The highest BCUT2D eigenvalue weighted by atomic mass is 32.2. The van der Waals surface area contributed by atoms with E-state index in [1.807, 2.05) is 0 Å². The molecule has 0 saturated carbocycles. The summed E-state index contributed by atoms with van der Waals surface area (Å²) in [6.07, 6.45) is 54.2. The van der Waals surface area contributed by atoms with Crippen molar-refractivity contribution >= 4 is 11.8 Å². The molecule has 0 nitrogen and oxygen atoms in total. The zero-order valence-electron chi connectivity index (χ0n) is 29.9. The van der Waals surface area contributed by atoms with E-state index >= 15 is 0 Å². The predicted molar refractivity (Wildman–Crippen MR) is 199 cm³/mol. The van der Waals surface area contributed by atoms with E-state index in [-0.39, 0.29) is 0 Å². The van der Waals surface area contributed by atoms with E-state index in [0.717, 1.165) is 0 Å². The van der Waals surface area contributed by atoms with E-state index in [1.54, 1.807) is 0 Å². The lowest BCUT2D eigenvalue weighted by atomic mass is 10.0. The Kier molecular flexibility index (Phi) is 41.7. The van der Waals surface area contributed by atoms with Gasteiger partial charge in [0.15, 0.2) is 0 Å². The molecule has 0 atom stereocenters. The topological polar surface area (TPSA) is 0 Å². The summed E-state index contributed by atoms with van der Waals surface area (Å²) < 4.78 is 0. The van der Waals surface area contributed by atoms with Crippen LogP contribution in [-0.2, 0) is 0 Å². The first-order valence-corrected chi connectivity index (χ1v) is 21.4. The number of rotatable bonds is 39. The monoisotopic (exact) mass is 608 g/mol. The molecule has 0 heterocycles. The summed E-state index contributed by atoms with van der Waals surface area (Å²) in [7, 11) is 0. The van der Waals surface area contributed by atoms with Crippen molar-refractivity contribution in [3.05, 3.63) is 5.75 Å². The first kappa shape index (κ1) is 42.3. The van der Waals surface area contributed by atoms with E-state index in [2.05, 4.69) is 31.4 Å². The molecular formula is C41H83S. The van der Waals surface area contributed by atoms with Crippen LogP contribution in [0.4, 0.5) is 0 Å². The summed E-state index contributed by atoms with van der Waals surface area (Å²) >= 11 is 2.11. The Bertz CT molecular complexity index is 393. The molecule has 1 radical (unpaired) electrons. The van der Waals surface area contributed by atoms with Crippen molar-refractivity contribution in [3.63, 3.8) is 0 Å². The highest BCUT2D eigenvalue weighted by Gasteiger charge is 1.98. The van der Waals surface area contributed by atoms with Gasteiger partial charge in [-0.15, -0.1) is 0 Å². The van der Waals surface area contributed by atoms with Gasteiger partial charge in [-0.1, -0.05) is 239 Å². The lowest BCUT2D eigenvalue weighted by Crippen LogP contribution is -1.85. The minimum atomic E-state index is 1.34. The van der Waals surface area contributed by atoms with Crippen LogP contribution in [0.5, 0.6) is 0 Å².